The molecule has 1 saturated heterocycles. The normalized spacial score (nSPS) is 20.7. The summed E-state index contributed by atoms with van der Waals surface area (Å²) in [6.45, 7) is 14.4. The fourth-order valence-electron chi connectivity index (χ4n) is 9.87. The number of rotatable bonds is 15. The number of unbranched alkanes of at least 4 members (excludes halogenated alkanes) is 1. The maximum atomic E-state index is 17.0. The first-order chi connectivity index (χ1) is 30.2. The number of hydrogen-bond donors (Lipinski definition) is 3. The number of carbonyl (C=O) groups excluding carboxylic acids is 2. The molecule has 0 radical (unpaired) electrons. The highest BCUT2D eigenvalue weighted by Crippen LogP contribution is 2.48. The third kappa shape index (κ3) is 8.65. The number of halogens is 1. The van der Waals surface area contributed by atoms with Gasteiger partial charge in [0.15, 0.2) is 0 Å². The van der Waals surface area contributed by atoms with E-state index in [0.29, 0.717) is 46.5 Å². The second-order valence-corrected chi connectivity index (χ2v) is 19.5. The van der Waals surface area contributed by atoms with Crippen LogP contribution in [0.15, 0.2) is 53.8 Å². The number of aliphatic hydroxyl groups is 1. The number of fused-ring (bicyclic) bond motifs is 5. The molecule has 3 aliphatic heterocycles. The van der Waals surface area contributed by atoms with Gasteiger partial charge < -0.3 is 29.8 Å². The number of carbonyl (C=O) groups is 2. The van der Waals surface area contributed by atoms with Gasteiger partial charge in [0.2, 0.25) is 12.1 Å². The minimum atomic E-state index is -1.15. The third-order valence-electron chi connectivity index (χ3n) is 13.2. The molecule has 2 amide bonds. The van der Waals surface area contributed by atoms with Crippen molar-refractivity contribution in [2.75, 3.05) is 13.7 Å². The van der Waals surface area contributed by atoms with Crippen LogP contribution in [0.1, 0.15) is 140 Å². The standard InChI is InChI=1S/C49H62FN7O5S/c1-9-12-15-29(14-10-2)44-51-25-35(54-44)30-17-18-36-32(20-30)23-38-41-33(50)21-31(24-39(41)62-46(57(36)38)40-26-52-47(63-40)49(6,7)60)34-22-28(11-3)43(53-34)37-16-13-19-56(37)45(58)42(27(4)5)55-48(59)61-8/h17-18,20-21,23-29,37,42-43,46,60H,9-16,19,22H2,1-8H3,(H,51,54)(H,55,59). The molecular formula is C49H62FN7O5S. The van der Waals surface area contributed by atoms with Crippen LogP contribution < -0.4 is 10.1 Å². The molecule has 0 saturated carbocycles. The van der Waals surface area contributed by atoms with Crippen molar-refractivity contribution in [2.24, 2.45) is 16.8 Å². The van der Waals surface area contributed by atoms with Gasteiger partial charge in [0.25, 0.3) is 0 Å². The molecule has 3 aliphatic rings. The number of aromatic amines is 1. The number of likely N-dealkylation sites (tertiary alicyclic amines) is 1. The van der Waals surface area contributed by atoms with E-state index < -0.39 is 29.8 Å². The molecule has 8 rings (SSSR count). The summed E-state index contributed by atoms with van der Waals surface area (Å²) in [5.41, 5.74) is 4.15. The van der Waals surface area contributed by atoms with Gasteiger partial charge in [-0.25, -0.2) is 19.2 Å². The lowest BCUT2D eigenvalue weighted by atomic mass is 9.88. The number of nitrogens with one attached hydrogen (secondary N) is 2. The topological polar surface area (TPSA) is 147 Å². The van der Waals surface area contributed by atoms with E-state index >= 15 is 4.39 Å². The van der Waals surface area contributed by atoms with Crippen LogP contribution in [0.3, 0.4) is 0 Å². The molecule has 2 aromatic carbocycles. The molecule has 0 aliphatic carbocycles. The number of methoxy groups -OCH3 is 1. The average Bonchev–Trinajstić information content (AvgIpc) is 4.12. The number of alkyl carbamates (subject to hydrolysis) is 1. The fraction of sp³-hybridized carbons (Fsp3) is 0.531. The molecule has 12 nitrogen and oxygen atoms in total. The Morgan fingerprint density at radius 3 is 2.59 bits per heavy atom. The first-order valence-corrected chi connectivity index (χ1v) is 23.7. The summed E-state index contributed by atoms with van der Waals surface area (Å²) in [7, 11) is 1.29. The summed E-state index contributed by atoms with van der Waals surface area (Å²) in [5.74, 6) is 1.28. The Labute approximate surface area is 373 Å². The molecule has 6 atom stereocenters. The van der Waals surface area contributed by atoms with Crippen LogP contribution in [0, 0.1) is 17.7 Å². The minimum absolute atomic E-state index is 0.133. The van der Waals surface area contributed by atoms with E-state index in [1.54, 1.807) is 26.1 Å². The largest absolute Gasteiger partial charge is 0.464 e. The van der Waals surface area contributed by atoms with Gasteiger partial charge in [0.05, 0.1) is 52.7 Å². The van der Waals surface area contributed by atoms with E-state index in [0.717, 1.165) is 89.9 Å². The van der Waals surface area contributed by atoms with Crippen molar-refractivity contribution in [1.29, 1.82) is 0 Å². The Morgan fingerprint density at radius 2 is 1.89 bits per heavy atom. The molecule has 0 bridgehead atoms. The number of benzene rings is 2. The molecule has 14 heteroatoms. The quantitative estimate of drug-likeness (QED) is 0.0949. The summed E-state index contributed by atoms with van der Waals surface area (Å²) >= 11 is 1.37. The van der Waals surface area contributed by atoms with E-state index in [1.807, 2.05) is 41.6 Å². The number of thiazole rings is 1. The van der Waals surface area contributed by atoms with E-state index in [-0.39, 0.29) is 29.8 Å². The number of aromatic nitrogens is 4. The second-order valence-electron chi connectivity index (χ2n) is 18.4. The lowest BCUT2D eigenvalue weighted by molar-refractivity contribution is -0.135. The van der Waals surface area contributed by atoms with Crippen molar-refractivity contribution in [2.45, 2.75) is 142 Å². The number of imidazole rings is 1. The van der Waals surface area contributed by atoms with E-state index in [4.69, 9.17) is 19.5 Å². The fourth-order valence-corrected chi connectivity index (χ4v) is 10.8. The highest BCUT2D eigenvalue weighted by atomic mass is 32.1. The van der Waals surface area contributed by atoms with Gasteiger partial charge in [-0.05, 0) is 88.1 Å². The highest BCUT2D eigenvalue weighted by Gasteiger charge is 2.44. The Balaban J connectivity index is 1.16. The molecule has 3 N–H and O–H groups in total. The van der Waals surface area contributed by atoms with Crippen LogP contribution in [-0.2, 0) is 15.1 Å². The van der Waals surface area contributed by atoms with Crippen molar-refractivity contribution in [3.05, 3.63) is 75.9 Å². The van der Waals surface area contributed by atoms with Crippen LogP contribution in [0.25, 0.3) is 33.4 Å². The summed E-state index contributed by atoms with van der Waals surface area (Å²) in [6, 6.07) is 10.7. The molecule has 63 heavy (non-hydrogen) atoms. The zero-order valence-corrected chi connectivity index (χ0v) is 38.7. The minimum Gasteiger partial charge on any atom is -0.464 e. The van der Waals surface area contributed by atoms with Gasteiger partial charge in [0, 0.05) is 40.9 Å². The molecule has 6 unspecified atom stereocenters. The van der Waals surface area contributed by atoms with Crippen LogP contribution in [0.2, 0.25) is 0 Å². The average molecular weight is 880 g/mol. The predicted molar refractivity (Wildman–Crippen MR) is 246 cm³/mol. The van der Waals surface area contributed by atoms with Crippen molar-refractivity contribution in [3.8, 4) is 28.3 Å². The number of H-pyrrole nitrogens is 1. The molecule has 1 fully saturated rings. The van der Waals surface area contributed by atoms with E-state index in [1.165, 1.54) is 18.4 Å². The first kappa shape index (κ1) is 44.5. The van der Waals surface area contributed by atoms with Crippen molar-refractivity contribution in [1.82, 2.24) is 29.7 Å². The van der Waals surface area contributed by atoms with Gasteiger partial charge >= 0.3 is 6.09 Å². The second kappa shape index (κ2) is 18.2. The lowest BCUT2D eigenvalue weighted by Crippen LogP contribution is -2.54. The molecule has 0 spiro atoms. The predicted octanol–water partition coefficient (Wildman–Crippen LogP) is 10.5. The van der Waals surface area contributed by atoms with Crippen molar-refractivity contribution >= 4 is 40.0 Å². The molecule has 336 valence electrons. The van der Waals surface area contributed by atoms with Crippen molar-refractivity contribution in [3.63, 3.8) is 0 Å². The van der Waals surface area contributed by atoms with E-state index in [9.17, 15) is 14.7 Å². The molecule has 3 aromatic heterocycles. The Kier molecular flexibility index (Phi) is 12.9. The van der Waals surface area contributed by atoms with Crippen LogP contribution in [0.5, 0.6) is 5.75 Å². The number of nitrogens with zero attached hydrogens (tertiary/aromatic N) is 5. The Morgan fingerprint density at radius 1 is 1.08 bits per heavy atom. The Bertz CT molecular complexity index is 2500. The zero-order chi connectivity index (χ0) is 44.7. The van der Waals surface area contributed by atoms with Gasteiger partial charge in [-0.2, -0.15) is 0 Å². The monoisotopic (exact) mass is 879 g/mol. The van der Waals surface area contributed by atoms with E-state index in [2.05, 4.69) is 54.3 Å². The number of amides is 2. The maximum absolute atomic E-state index is 17.0. The number of ether oxygens (including phenoxy) is 2. The van der Waals surface area contributed by atoms with Gasteiger partial charge in [-0.15, -0.1) is 11.3 Å². The van der Waals surface area contributed by atoms with Gasteiger partial charge in [-0.3, -0.25) is 14.4 Å². The summed E-state index contributed by atoms with van der Waals surface area (Å²) < 4.78 is 30.8. The number of aliphatic imine (C=N–C) groups is 1. The van der Waals surface area contributed by atoms with Crippen molar-refractivity contribution < 1.29 is 28.6 Å². The van der Waals surface area contributed by atoms with Crippen LogP contribution >= 0.6 is 11.3 Å². The smallest absolute Gasteiger partial charge is 0.407 e. The van der Waals surface area contributed by atoms with Gasteiger partial charge in [-0.1, -0.05) is 66.4 Å². The molecular weight excluding hydrogens is 818 g/mol. The van der Waals surface area contributed by atoms with Crippen LogP contribution in [0.4, 0.5) is 9.18 Å². The molecule has 6 heterocycles. The maximum Gasteiger partial charge on any atom is 0.407 e. The first-order valence-electron chi connectivity index (χ1n) is 22.9. The summed E-state index contributed by atoms with van der Waals surface area (Å²) in [5, 5.41) is 15.1. The zero-order valence-electron chi connectivity index (χ0n) is 37.8. The third-order valence-corrected chi connectivity index (χ3v) is 14.6. The summed E-state index contributed by atoms with van der Waals surface area (Å²) in [4.78, 5) is 47.3. The molecule has 5 aromatic rings. The summed E-state index contributed by atoms with van der Waals surface area (Å²) in [6.07, 6.45) is 11.1. The van der Waals surface area contributed by atoms with Gasteiger partial charge in [0.1, 0.15) is 34.0 Å². The lowest BCUT2D eigenvalue weighted by Gasteiger charge is -2.34. The Hall–Kier alpha value is -5.08. The number of hydrogen-bond acceptors (Lipinski definition) is 9. The highest BCUT2D eigenvalue weighted by molar-refractivity contribution is 7.11. The van der Waals surface area contributed by atoms with Crippen LogP contribution in [-0.4, -0.2) is 79.0 Å². The SMILES string of the molecule is CCCCC(CCC)c1ncc(-c2ccc3c(c2)cc2n3C(c3cnc(C(C)(C)O)s3)Oc3cc(C4=NC(C5CCCN5C(=O)C(NC(=O)OC)C(C)C)C(CC)C4)cc(F)c3-2)[nH]1.